The summed E-state index contributed by atoms with van der Waals surface area (Å²) in [5, 5.41) is 13.4. The largest absolute Gasteiger partial charge is 0.481 e. The molecule has 0 amide bonds. The first-order chi connectivity index (χ1) is 8.08. The van der Waals surface area contributed by atoms with E-state index in [1.165, 1.54) is 0 Å². The molecule has 1 atom stereocenters. The topological polar surface area (TPSA) is 58.4 Å². The van der Waals surface area contributed by atoms with E-state index < -0.39 is 5.97 Å². The Bertz CT molecular complexity index is 408. The Hall–Kier alpha value is -1.36. The molecule has 0 saturated carbocycles. The number of hydrogen-bond acceptors (Lipinski definition) is 3. The molecule has 1 aromatic heterocycles. The Labute approximate surface area is 101 Å². The van der Waals surface area contributed by atoms with Crippen LogP contribution in [-0.2, 0) is 11.8 Å². The first-order valence-corrected chi connectivity index (χ1v) is 6.04. The van der Waals surface area contributed by atoms with Crippen LogP contribution in [0.15, 0.2) is 6.20 Å². The van der Waals surface area contributed by atoms with E-state index in [2.05, 4.69) is 10.00 Å². The van der Waals surface area contributed by atoms with Crippen molar-refractivity contribution >= 4 is 5.97 Å². The minimum atomic E-state index is -0.745. The second-order valence-corrected chi connectivity index (χ2v) is 4.70. The van der Waals surface area contributed by atoms with Crippen molar-refractivity contribution in [3.8, 4) is 0 Å². The molecule has 1 fully saturated rings. The fourth-order valence-electron chi connectivity index (χ4n) is 2.60. The average molecular weight is 237 g/mol. The Morgan fingerprint density at radius 1 is 1.53 bits per heavy atom. The number of carboxylic acids is 1. The van der Waals surface area contributed by atoms with Crippen LogP contribution in [-0.4, -0.2) is 38.8 Å². The highest BCUT2D eigenvalue weighted by Gasteiger charge is 2.27. The number of likely N-dealkylation sites (tertiary alicyclic amines) is 1. The molecule has 0 aliphatic carbocycles. The first kappa shape index (κ1) is 12.1. The van der Waals surface area contributed by atoms with Crippen molar-refractivity contribution < 1.29 is 9.90 Å². The number of carboxylic acid groups (broad SMARTS) is 1. The predicted octanol–water partition coefficient (Wildman–Crippen LogP) is 1.34. The standard InChI is InChI=1S/C12H19N3O2/c1-9-10(8-14(2)13-9)11(7-12(16)17)15-5-3-4-6-15/h8,11H,3-7H2,1-2H3,(H,16,17). The number of aryl methyl sites for hydroxylation is 2. The molecule has 1 aliphatic heterocycles. The van der Waals surface area contributed by atoms with Gasteiger partial charge in [0.25, 0.3) is 0 Å². The third-order valence-electron chi connectivity index (χ3n) is 3.36. The molecule has 0 spiro atoms. The number of rotatable bonds is 4. The number of nitrogens with zero attached hydrogens (tertiary/aromatic N) is 3. The normalized spacial score (nSPS) is 18.5. The molecular formula is C12H19N3O2. The summed E-state index contributed by atoms with van der Waals surface area (Å²) in [6, 6.07) is -0.0244. The summed E-state index contributed by atoms with van der Waals surface area (Å²) in [6.45, 7) is 3.93. The van der Waals surface area contributed by atoms with Crippen molar-refractivity contribution in [2.24, 2.45) is 7.05 Å². The summed E-state index contributed by atoms with van der Waals surface area (Å²) in [4.78, 5) is 13.3. The summed E-state index contributed by atoms with van der Waals surface area (Å²) >= 11 is 0. The van der Waals surface area contributed by atoms with Gasteiger partial charge in [-0.2, -0.15) is 5.10 Å². The van der Waals surface area contributed by atoms with Gasteiger partial charge >= 0.3 is 5.97 Å². The molecule has 0 bridgehead atoms. The highest BCUT2D eigenvalue weighted by molar-refractivity contribution is 5.68. The van der Waals surface area contributed by atoms with Gasteiger partial charge in [0.05, 0.1) is 12.1 Å². The fraction of sp³-hybridized carbons (Fsp3) is 0.667. The molecule has 2 rings (SSSR count). The molecule has 1 saturated heterocycles. The van der Waals surface area contributed by atoms with Gasteiger partial charge in [-0.1, -0.05) is 0 Å². The molecule has 94 valence electrons. The Balaban J connectivity index is 2.25. The van der Waals surface area contributed by atoms with E-state index in [4.69, 9.17) is 5.11 Å². The zero-order valence-electron chi connectivity index (χ0n) is 10.4. The number of hydrogen-bond donors (Lipinski definition) is 1. The maximum Gasteiger partial charge on any atom is 0.305 e. The lowest BCUT2D eigenvalue weighted by molar-refractivity contribution is -0.138. The van der Waals surface area contributed by atoms with Crippen LogP contribution >= 0.6 is 0 Å². The van der Waals surface area contributed by atoms with E-state index in [0.29, 0.717) is 0 Å². The SMILES string of the molecule is Cc1nn(C)cc1C(CC(=O)O)N1CCCC1. The van der Waals surface area contributed by atoms with Crippen LogP contribution in [0.1, 0.15) is 36.6 Å². The van der Waals surface area contributed by atoms with Crippen molar-refractivity contribution in [1.29, 1.82) is 0 Å². The summed E-state index contributed by atoms with van der Waals surface area (Å²) in [5.74, 6) is -0.745. The molecule has 17 heavy (non-hydrogen) atoms. The minimum absolute atomic E-state index is 0.0244. The average Bonchev–Trinajstić information content (AvgIpc) is 2.84. The number of carbonyl (C=O) groups is 1. The third-order valence-corrected chi connectivity index (χ3v) is 3.36. The van der Waals surface area contributed by atoms with Crippen molar-refractivity contribution in [2.75, 3.05) is 13.1 Å². The van der Waals surface area contributed by atoms with E-state index in [1.807, 2.05) is 20.2 Å². The lowest BCUT2D eigenvalue weighted by Crippen LogP contribution is -2.27. The summed E-state index contributed by atoms with van der Waals surface area (Å²) in [7, 11) is 1.87. The third kappa shape index (κ3) is 2.66. The van der Waals surface area contributed by atoms with Crippen molar-refractivity contribution in [2.45, 2.75) is 32.2 Å². The number of aliphatic carboxylic acids is 1. The van der Waals surface area contributed by atoms with Gasteiger partial charge in [0.2, 0.25) is 0 Å². The van der Waals surface area contributed by atoms with E-state index in [9.17, 15) is 4.79 Å². The monoisotopic (exact) mass is 237 g/mol. The summed E-state index contributed by atoms with van der Waals surface area (Å²) in [6.07, 6.45) is 4.43. The van der Waals surface area contributed by atoms with Gasteiger partial charge in [0, 0.05) is 24.8 Å². The molecule has 1 unspecified atom stereocenters. The van der Waals surface area contributed by atoms with Crippen molar-refractivity contribution in [3.05, 3.63) is 17.5 Å². The van der Waals surface area contributed by atoms with Crippen LogP contribution in [0, 0.1) is 6.92 Å². The molecular weight excluding hydrogens is 218 g/mol. The van der Waals surface area contributed by atoms with E-state index in [0.717, 1.165) is 37.2 Å². The maximum atomic E-state index is 11.0. The van der Waals surface area contributed by atoms with Gasteiger partial charge < -0.3 is 5.11 Å². The first-order valence-electron chi connectivity index (χ1n) is 6.04. The maximum absolute atomic E-state index is 11.0. The lowest BCUT2D eigenvalue weighted by Gasteiger charge is -2.25. The van der Waals surface area contributed by atoms with E-state index in [1.54, 1.807) is 4.68 Å². The van der Waals surface area contributed by atoms with Crippen LogP contribution in [0.5, 0.6) is 0 Å². The second kappa shape index (κ2) is 4.87. The van der Waals surface area contributed by atoms with Crippen LogP contribution in [0.2, 0.25) is 0 Å². The molecule has 1 aromatic rings. The van der Waals surface area contributed by atoms with Gasteiger partial charge in [-0.25, -0.2) is 0 Å². The zero-order valence-corrected chi connectivity index (χ0v) is 10.4. The fourth-order valence-corrected chi connectivity index (χ4v) is 2.60. The van der Waals surface area contributed by atoms with Gasteiger partial charge in [-0.3, -0.25) is 14.4 Å². The molecule has 1 aliphatic rings. The quantitative estimate of drug-likeness (QED) is 0.858. The molecule has 0 aromatic carbocycles. The summed E-state index contributed by atoms with van der Waals surface area (Å²) in [5.41, 5.74) is 1.99. The Kier molecular flexibility index (Phi) is 3.47. The molecule has 5 nitrogen and oxygen atoms in total. The van der Waals surface area contributed by atoms with Gasteiger partial charge in [0.15, 0.2) is 0 Å². The van der Waals surface area contributed by atoms with Gasteiger partial charge in [0.1, 0.15) is 0 Å². The van der Waals surface area contributed by atoms with Gasteiger partial charge in [-0.05, 0) is 32.9 Å². The molecule has 1 N–H and O–H groups in total. The van der Waals surface area contributed by atoms with Crippen LogP contribution in [0.4, 0.5) is 0 Å². The van der Waals surface area contributed by atoms with Crippen LogP contribution in [0.3, 0.4) is 0 Å². The van der Waals surface area contributed by atoms with Crippen molar-refractivity contribution in [1.82, 2.24) is 14.7 Å². The predicted molar refractivity (Wildman–Crippen MR) is 63.7 cm³/mol. The molecule has 0 radical (unpaired) electrons. The Morgan fingerprint density at radius 3 is 2.65 bits per heavy atom. The minimum Gasteiger partial charge on any atom is -0.481 e. The smallest absolute Gasteiger partial charge is 0.305 e. The summed E-state index contributed by atoms with van der Waals surface area (Å²) < 4.78 is 1.76. The van der Waals surface area contributed by atoms with E-state index >= 15 is 0 Å². The van der Waals surface area contributed by atoms with Crippen LogP contribution in [0.25, 0.3) is 0 Å². The Morgan fingerprint density at radius 2 is 2.18 bits per heavy atom. The highest BCUT2D eigenvalue weighted by Crippen LogP contribution is 2.29. The number of aromatic nitrogens is 2. The van der Waals surface area contributed by atoms with Gasteiger partial charge in [-0.15, -0.1) is 0 Å². The second-order valence-electron chi connectivity index (χ2n) is 4.70. The molecule has 5 heteroatoms. The lowest BCUT2D eigenvalue weighted by atomic mass is 10.0. The van der Waals surface area contributed by atoms with Crippen molar-refractivity contribution in [3.63, 3.8) is 0 Å². The van der Waals surface area contributed by atoms with E-state index in [-0.39, 0.29) is 12.5 Å². The highest BCUT2D eigenvalue weighted by atomic mass is 16.4. The molecule has 2 heterocycles. The van der Waals surface area contributed by atoms with Crippen LogP contribution < -0.4 is 0 Å². The zero-order chi connectivity index (χ0) is 12.4.